The Balaban J connectivity index is 1.45. The zero-order chi connectivity index (χ0) is 23.1. The summed E-state index contributed by atoms with van der Waals surface area (Å²) in [7, 11) is 0. The number of carbonyl (C=O) groups excluding carboxylic acids is 3. The lowest BCUT2D eigenvalue weighted by Gasteiger charge is -2.12. The summed E-state index contributed by atoms with van der Waals surface area (Å²) in [6.45, 7) is 4.62. The molecule has 0 heterocycles. The lowest BCUT2D eigenvalue weighted by Crippen LogP contribution is -2.48. The van der Waals surface area contributed by atoms with Gasteiger partial charge in [0, 0.05) is 22.7 Å². The van der Waals surface area contributed by atoms with Crippen LogP contribution in [0.15, 0.2) is 48.5 Å². The molecule has 2 aromatic rings. The number of carbonyl (C=O) groups is 3. The second kappa shape index (κ2) is 10.7. The number of amides is 3. The third kappa shape index (κ3) is 7.05. The van der Waals surface area contributed by atoms with Crippen LogP contribution in [-0.2, 0) is 4.79 Å². The van der Waals surface area contributed by atoms with Gasteiger partial charge in [-0.3, -0.25) is 30.6 Å². The average molecular weight is 455 g/mol. The normalized spacial score (nSPS) is 12.6. The van der Waals surface area contributed by atoms with Crippen molar-refractivity contribution in [3.05, 3.63) is 59.7 Å². The highest BCUT2D eigenvalue weighted by Crippen LogP contribution is 2.30. The number of rotatable bonds is 7. The van der Waals surface area contributed by atoms with E-state index >= 15 is 0 Å². The van der Waals surface area contributed by atoms with Gasteiger partial charge in [0.25, 0.3) is 11.8 Å². The fraction of sp³-hybridized carbons (Fsp3) is 0.304. The van der Waals surface area contributed by atoms with Crippen molar-refractivity contribution in [1.82, 2.24) is 16.2 Å². The third-order valence-corrected chi connectivity index (χ3v) is 4.76. The van der Waals surface area contributed by atoms with Crippen LogP contribution in [0.4, 0.5) is 5.69 Å². The van der Waals surface area contributed by atoms with Gasteiger partial charge in [0.1, 0.15) is 5.75 Å². The highest BCUT2D eigenvalue weighted by molar-refractivity contribution is 7.80. The summed E-state index contributed by atoms with van der Waals surface area (Å²) >= 11 is 5.08. The van der Waals surface area contributed by atoms with Gasteiger partial charge in [0.05, 0.1) is 6.61 Å². The Hall–Kier alpha value is -3.46. The van der Waals surface area contributed by atoms with Crippen LogP contribution in [-0.4, -0.2) is 29.4 Å². The molecule has 0 bridgehead atoms. The maximum atomic E-state index is 12.4. The monoisotopic (exact) mass is 454 g/mol. The van der Waals surface area contributed by atoms with Crippen molar-refractivity contribution in [3.63, 3.8) is 0 Å². The zero-order valence-electron chi connectivity index (χ0n) is 17.9. The van der Waals surface area contributed by atoms with Crippen molar-refractivity contribution in [2.75, 3.05) is 11.9 Å². The Morgan fingerprint density at radius 3 is 2.38 bits per heavy atom. The molecule has 1 aliphatic carbocycles. The van der Waals surface area contributed by atoms with Gasteiger partial charge in [-0.05, 0) is 73.4 Å². The topological polar surface area (TPSA) is 109 Å². The summed E-state index contributed by atoms with van der Waals surface area (Å²) in [4.78, 5) is 36.5. The van der Waals surface area contributed by atoms with Crippen LogP contribution in [0.2, 0.25) is 0 Å². The predicted octanol–water partition coefficient (Wildman–Crippen LogP) is 3.02. The van der Waals surface area contributed by atoms with Crippen molar-refractivity contribution in [2.24, 2.45) is 11.8 Å². The molecule has 1 aliphatic rings. The molecule has 0 unspecified atom stereocenters. The molecule has 1 saturated carbocycles. The van der Waals surface area contributed by atoms with Crippen LogP contribution in [0.5, 0.6) is 5.75 Å². The lowest BCUT2D eigenvalue weighted by atomic mass is 10.2. The van der Waals surface area contributed by atoms with Crippen LogP contribution in [0.25, 0.3) is 0 Å². The molecule has 168 valence electrons. The Morgan fingerprint density at radius 1 is 1.00 bits per heavy atom. The van der Waals surface area contributed by atoms with Crippen LogP contribution in [0.3, 0.4) is 0 Å². The Morgan fingerprint density at radius 2 is 1.72 bits per heavy atom. The highest BCUT2D eigenvalue weighted by atomic mass is 32.1. The number of hydrogen-bond acceptors (Lipinski definition) is 5. The molecule has 3 rings (SSSR count). The van der Waals surface area contributed by atoms with Gasteiger partial charge in [0.2, 0.25) is 5.91 Å². The maximum Gasteiger partial charge on any atom is 0.269 e. The van der Waals surface area contributed by atoms with E-state index in [9.17, 15) is 14.4 Å². The van der Waals surface area contributed by atoms with E-state index in [-0.39, 0.29) is 16.9 Å². The van der Waals surface area contributed by atoms with Crippen molar-refractivity contribution in [3.8, 4) is 5.75 Å². The molecule has 0 aliphatic heterocycles. The van der Waals surface area contributed by atoms with Gasteiger partial charge in [-0.1, -0.05) is 19.9 Å². The molecule has 3 amide bonds. The molecule has 0 spiro atoms. The zero-order valence-corrected chi connectivity index (χ0v) is 18.8. The first-order valence-electron chi connectivity index (χ1n) is 10.4. The van der Waals surface area contributed by atoms with E-state index in [2.05, 4.69) is 21.5 Å². The van der Waals surface area contributed by atoms with E-state index in [1.165, 1.54) is 0 Å². The van der Waals surface area contributed by atoms with Crippen molar-refractivity contribution < 1.29 is 19.1 Å². The number of nitrogens with one attached hydrogen (secondary N) is 4. The quantitative estimate of drug-likeness (QED) is 0.378. The molecular weight excluding hydrogens is 428 g/mol. The van der Waals surface area contributed by atoms with Gasteiger partial charge in [-0.25, -0.2) is 0 Å². The first-order valence-corrected chi connectivity index (χ1v) is 10.8. The molecule has 32 heavy (non-hydrogen) atoms. The van der Waals surface area contributed by atoms with Gasteiger partial charge in [-0.2, -0.15) is 0 Å². The maximum absolute atomic E-state index is 12.4. The molecule has 0 aromatic heterocycles. The van der Waals surface area contributed by atoms with Crippen LogP contribution in [0.1, 0.15) is 47.4 Å². The summed E-state index contributed by atoms with van der Waals surface area (Å²) in [5.74, 6) is 0.199. The number of hydrazine groups is 1. The predicted molar refractivity (Wildman–Crippen MR) is 125 cm³/mol. The number of hydrogen-bond donors (Lipinski definition) is 4. The van der Waals surface area contributed by atoms with E-state index in [4.69, 9.17) is 17.0 Å². The first-order chi connectivity index (χ1) is 15.3. The summed E-state index contributed by atoms with van der Waals surface area (Å²) < 4.78 is 5.63. The van der Waals surface area contributed by atoms with E-state index in [0.717, 1.165) is 12.8 Å². The van der Waals surface area contributed by atoms with Crippen LogP contribution >= 0.6 is 12.2 Å². The molecule has 0 atom stereocenters. The second-order valence-electron chi connectivity index (χ2n) is 7.94. The minimum atomic E-state index is -0.439. The molecule has 2 aromatic carbocycles. The number of ether oxygens (including phenoxy) is 1. The number of anilines is 1. The van der Waals surface area contributed by atoms with E-state index in [1.807, 2.05) is 13.8 Å². The smallest absolute Gasteiger partial charge is 0.269 e. The molecule has 1 fully saturated rings. The molecular formula is C23H26N4O4S. The molecule has 9 heteroatoms. The fourth-order valence-electron chi connectivity index (χ4n) is 2.68. The highest BCUT2D eigenvalue weighted by Gasteiger charge is 2.29. The SMILES string of the molecule is CC(C)COc1cccc(C(=O)NC(=S)NNC(=O)c2ccc(NC(=O)C3CC3)cc2)c1. The van der Waals surface area contributed by atoms with E-state index < -0.39 is 11.8 Å². The van der Waals surface area contributed by atoms with Crippen molar-refractivity contribution in [1.29, 1.82) is 0 Å². The first kappa shape index (κ1) is 23.2. The van der Waals surface area contributed by atoms with Crippen LogP contribution in [0, 0.1) is 11.8 Å². The Kier molecular flexibility index (Phi) is 7.77. The lowest BCUT2D eigenvalue weighted by molar-refractivity contribution is -0.117. The average Bonchev–Trinajstić information content (AvgIpc) is 3.62. The second-order valence-corrected chi connectivity index (χ2v) is 8.34. The Labute approximate surface area is 192 Å². The third-order valence-electron chi connectivity index (χ3n) is 4.56. The molecule has 4 N–H and O–H groups in total. The number of thiocarbonyl (C=S) groups is 1. The van der Waals surface area contributed by atoms with Crippen LogP contribution < -0.4 is 26.2 Å². The van der Waals surface area contributed by atoms with Gasteiger partial charge in [0.15, 0.2) is 5.11 Å². The summed E-state index contributed by atoms with van der Waals surface area (Å²) in [5, 5.41) is 5.27. The Bertz CT molecular complexity index is 1000. The molecule has 8 nitrogen and oxygen atoms in total. The standard InChI is InChI=1S/C23H26N4O4S/c1-14(2)13-31-19-5-3-4-17(12-19)21(29)25-23(32)27-26-22(30)16-8-10-18(11-9-16)24-20(28)15-6-7-15/h3-5,8-12,14-15H,6-7,13H2,1-2H3,(H,24,28)(H,26,30)(H2,25,27,29,32). The minimum Gasteiger partial charge on any atom is -0.493 e. The minimum absolute atomic E-state index is 0.00183. The molecule has 0 saturated heterocycles. The van der Waals surface area contributed by atoms with Gasteiger partial charge < -0.3 is 10.1 Å². The molecule has 0 radical (unpaired) electrons. The largest absolute Gasteiger partial charge is 0.493 e. The van der Waals surface area contributed by atoms with Gasteiger partial charge >= 0.3 is 0 Å². The van der Waals surface area contributed by atoms with Crippen molar-refractivity contribution in [2.45, 2.75) is 26.7 Å². The summed E-state index contributed by atoms with van der Waals surface area (Å²) in [6.07, 6.45) is 1.84. The summed E-state index contributed by atoms with van der Waals surface area (Å²) in [5.41, 5.74) is 6.32. The van der Waals surface area contributed by atoms with E-state index in [0.29, 0.717) is 35.1 Å². The number of benzene rings is 2. The van der Waals surface area contributed by atoms with Gasteiger partial charge in [-0.15, -0.1) is 0 Å². The van der Waals surface area contributed by atoms with E-state index in [1.54, 1.807) is 48.5 Å². The fourth-order valence-corrected chi connectivity index (χ4v) is 2.82. The van der Waals surface area contributed by atoms with Crippen molar-refractivity contribution >= 4 is 40.7 Å². The summed E-state index contributed by atoms with van der Waals surface area (Å²) in [6, 6.07) is 13.3.